The molecule has 2 aromatic heterocycles. The first-order chi connectivity index (χ1) is 25.3. The van der Waals surface area contributed by atoms with Gasteiger partial charge in [-0.25, -0.2) is 17.9 Å². The van der Waals surface area contributed by atoms with Crippen molar-refractivity contribution >= 4 is 58.2 Å². The molecule has 7 rings (SSSR count). The van der Waals surface area contributed by atoms with Crippen LogP contribution in [0.2, 0.25) is 0 Å². The van der Waals surface area contributed by atoms with Crippen molar-refractivity contribution in [3.05, 3.63) is 118 Å². The summed E-state index contributed by atoms with van der Waals surface area (Å²) in [5.74, 6) is -2.72. The van der Waals surface area contributed by atoms with Gasteiger partial charge in [-0.2, -0.15) is 5.10 Å². The Labute approximate surface area is 320 Å². The van der Waals surface area contributed by atoms with E-state index in [0.717, 1.165) is 44.3 Å². The number of methoxy groups -OCH3 is 1. The normalized spacial score (nSPS) is 12.8. The topological polar surface area (TPSA) is 108 Å². The molecule has 1 fully saturated rings. The number of rotatable bonds is 11. The van der Waals surface area contributed by atoms with Gasteiger partial charge in [-0.05, 0) is 80.9 Å². The monoisotopic (exact) mass is 781 g/mol. The third-order valence-corrected chi connectivity index (χ3v) is 8.88. The number of hydrogen-bond acceptors (Lipinski definition) is 8. The van der Waals surface area contributed by atoms with Gasteiger partial charge in [0.25, 0.3) is 5.91 Å². The maximum absolute atomic E-state index is 15.5. The van der Waals surface area contributed by atoms with Crippen LogP contribution in [0.1, 0.15) is 36.2 Å². The smallest absolute Gasteiger partial charge is 0.280 e. The van der Waals surface area contributed by atoms with E-state index in [9.17, 15) is 18.4 Å². The Morgan fingerprint density at radius 2 is 1.61 bits per heavy atom. The molecule has 0 atom stereocenters. The molecule has 54 heavy (non-hydrogen) atoms. The number of benzene rings is 4. The summed E-state index contributed by atoms with van der Waals surface area (Å²) < 4.78 is 62.0. The molecular weight excluding hydrogens is 746 g/mol. The third-order valence-electron chi connectivity index (χ3n) is 8.88. The van der Waals surface area contributed by atoms with Gasteiger partial charge in [-0.15, -0.1) is 24.8 Å². The zero-order chi connectivity index (χ0) is 36.2. The molecule has 0 radical (unpaired) electrons. The number of likely N-dealkylation sites (tertiary alicyclic amines) is 1. The molecule has 282 valence electrons. The standard InChI is InChI=1S/C39H34F3N5O5.2ClH/c1-50-35-22-27-31(23-36(35)51-19-7-18-46-16-5-2-6-17-46)43-15-14-33(27)52-34-13-10-24(20-30(34)42)44-39(49)37-38(48)26-8-3-4-9-32(26)47(45-37)25-11-12-28(40)29(41)21-25;;/h3-4,8-15,20-23H,2,5-7,16-19H2,1H3,(H,44,49);2*1H. The lowest BCUT2D eigenvalue weighted by atomic mass is 10.1. The number of ether oxygens (including phenoxy) is 3. The fourth-order valence-corrected chi connectivity index (χ4v) is 6.25. The van der Waals surface area contributed by atoms with E-state index in [1.54, 1.807) is 42.6 Å². The molecule has 3 heterocycles. The predicted octanol–water partition coefficient (Wildman–Crippen LogP) is 8.50. The van der Waals surface area contributed by atoms with Crippen LogP contribution in [-0.4, -0.2) is 58.9 Å². The van der Waals surface area contributed by atoms with Gasteiger partial charge in [-0.1, -0.05) is 18.6 Å². The van der Waals surface area contributed by atoms with Crippen molar-refractivity contribution in [1.82, 2.24) is 19.7 Å². The second kappa shape index (κ2) is 17.6. The number of amides is 1. The Balaban J connectivity index is 0.00000280. The van der Waals surface area contributed by atoms with Crippen molar-refractivity contribution in [2.75, 3.05) is 38.7 Å². The first-order valence-corrected chi connectivity index (χ1v) is 16.9. The summed E-state index contributed by atoms with van der Waals surface area (Å²) in [6.07, 6.45) is 6.18. The van der Waals surface area contributed by atoms with Crippen LogP contribution < -0.4 is 25.0 Å². The highest BCUT2D eigenvalue weighted by Crippen LogP contribution is 2.38. The molecule has 1 aliphatic rings. The molecule has 1 aliphatic heterocycles. The van der Waals surface area contributed by atoms with E-state index >= 15 is 4.39 Å². The number of anilines is 1. The molecule has 0 unspecified atom stereocenters. The van der Waals surface area contributed by atoms with Gasteiger partial charge in [0.2, 0.25) is 5.43 Å². The maximum atomic E-state index is 15.5. The van der Waals surface area contributed by atoms with Crippen molar-refractivity contribution in [1.29, 1.82) is 0 Å². The summed E-state index contributed by atoms with van der Waals surface area (Å²) in [6.45, 7) is 3.74. The highest BCUT2D eigenvalue weighted by atomic mass is 35.5. The third kappa shape index (κ3) is 8.54. The van der Waals surface area contributed by atoms with Crippen molar-refractivity contribution in [2.24, 2.45) is 0 Å². The minimum atomic E-state index is -1.13. The molecule has 0 aliphatic carbocycles. The second-order valence-corrected chi connectivity index (χ2v) is 12.3. The molecule has 1 saturated heterocycles. The van der Waals surface area contributed by atoms with Crippen molar-refractivity contribution in [3.63, 3.8) is 0 Å². The molecule has 15 heteroatoms. The molecule has 0 spiro atoms. The highest BCUT2D eigenvalue weighted by molar-refractivity contribution is 6.04. The zero-order valence-electron chi connectivity index (χ0n) is 29.0. The quantitative estimate of drug-likeness (QED) is 0.131. The average Bonchev–Trinajstić information content (AvgIpc) is 3.16. The number of para-hydroxylation sites is 1. The number of fused-ring (bicyclic) bond motifs is 2. The Morgan fingerprint density at radius 1 is 0.815 bits per heavy atom. The van der Waals surface area contributed by atoms with Crippen LogP contribution >= 0.6 is 24.8 Å². The number of halogens is 5. The minimum Gasteiger partial charge on any atom is -0.493 e. The van der Waals surface area contributed by atoms with Crippen molar-refractivity contribution < 1.29 is 32.2 Å². The fraction of sp³-hybridized carbons (Fsp3) is 0.231. The highest BCUT2D eigenvalue weighted by Gasteiger charge is 2.20. The minimum absolute atomic E-state index is 0. The van der Waals surface area contributed by atoms with Crippen molar-refractivity contribution in [3.8, 4) is 28.7 Å². The average molecular weight is 783 g/mol. The molecule has 10 nitrogen and oxygen atoms in total. The van der Waals surface area contributed by atoms with E-state index in [4.69, 9.17) is 14.2 Å². The summed E-state index contributed by atoms with van der Waals surface area (Å²) in [4.78, 5) is 33.6. The molecule has 6 aromatic rings. The molecular formula is C39H36Cl2F3N5O5. The lowest BCUT2D eigenvalue weighted by Gasteiger charge is -2.26. The van der Waals surface area contributed by atoms with E-state index in [1.165, 1.54) is 55.3 Å². The van der Waals surface area contributed by atoms with E-state index in [0.29, 0.717) is 34.8 Å². The number of nitrogens with one attached hydrogen (secondary N) is 1. The summed E-state index contributed by atoms with van der Waals surface area (Å²) in [7, 11) is 1.54. The number of pyridine rings is 1. The van der Waals surface area contributed by atoms with Gasteiger partial charge >= 0.3 is 0 Å². The van der Waals surface area contributed by atoms with Gasteiger partial charge < -0.3 is 24.4 Å². The van der Waals surface area contributed by atoms with Gasteiger partial charge in [0, 0.05) is 42.0 Å². The van der Waals surface area contributed by atoms with Crippen LogP contribution in [0.25, 0.3) is 27.5 Å². The van der Waals surface area contributed by atoms with E-state index in [-0.39, 0.29) is 52.8 Å². The lowest BCUT2D eigenvalue weighted by Crippen LogP contribution is -2.31. The fourth-order valence-electron chi connectivity index (χ4n) is 6.25. The van der Waals surface area contributed by atoms with Crippen LogP contribution in [0, 0.1) is 17.5 Å². The van der Waals surface area contributed by atoms with Crippen LogP contribution in [0.5, 0.6) is 23.0 Å². The van der Waals surface area contributed by atoms with Gasteiger partial charge in [0.05, 0.1) is 35.8 Å². The predicted molar refractivity (Wildman–Crippen MR) is 205 cm³/mol. The Morgan fingerprint density at radius 3 is 2.37 bits per heavy atom. The Hall–Kier alpha value is -5.37. The van der Waals surface area contributed by atoms with E-state index in [2.05, 4.69) is 20.3 Å². The molecule has 4 aromatic carbocycles. The zero-order valence-corrected chi connectivity index (χ0v) is 30.7. The maximum Gasteiger partial charge on any atom is 0.280 e. The molecule has 0 bridgehead atoms. The first-order valence-electron chi connectivity index (χ1n) is 16.9. The summed E-state index contributed by atoms with van der Waals surface area (Å²) in [5.41, 5.74) is -0.289. The first kappa shape index (κ1) is 39.8. The van der Waals surface area contributed by atoms with Crippen LogP contribution in [-0.2, 0) is 0 Å². The number of piperidine rings is 1. The number of carbonyl (C=O) groups excluding carboxylic acids is 1. The molecule has 1 amide bonds. The van der Waals surface area contributed by atoms with Gasteiger partial charge in [0.1, 0.15) is 5.75 Å². The lowest BCUT2D eigenvalue weighted by molar-refractivity contribution is 0.102. The SMILES string of the molecule is COc1cc2c(Oc3ccc(NC(=O)c4nn(-c5ccc(F)c(F)c5)c5ccccc5c4=O)cc3F)ccnc2cc1OCCCN1CCCCC1.Cl.Cl. The van der Waals surface area contributed by atoms with E-state index in [1.807, 2.05) is 0 Å². The largest absolute Gasteiger partial charge is 0.493 e. The number of aromatic nitrogens is 3. The molecule has 0 saturated carbocycles. The van der Waals surface area contributed by atoms with Crippen LogP contribution in [0.15, 0.2) is 89.9 Å². The second-order valence-electron chi connectivity index (χ2n) is 12.3. The Bertz CT molecular complexity index is 2360. The molecule has 1 N–H and O–H groups in total. The van der Waals surface area contributed by atoms with Crippen LogP contribution in [0.4, 0.5) is 18.9 Å². The number of hydrogen-bond donors (Lipinski definition) is 1. The Kier molecular flexibility index (Phi) is 13.0. The number of nitrogens with zero attached hydrogens (tertiary/aromatic N) is 4. The van der Waals surface area contributed by atoms with Crippen LogP contribution in [0.3, 0.4) is 0 Å². The summed E-state index contributed by atoms with van der Waals surface area (Å²) in [6, 6.07) is 18.3. The van der Waals surface area contributed by atoms with Crippen molar-refractivity contribution in [2.45, 2.75) is 25.7 Å². The number of carbonyl (C=O) groups is 1. The van der Waals surface area contributed by atoms with E-state index < -0.39 is 34.5 Å². The summed E-state index contributed by atoms with van der Waals surface area (Å²) in [5, 5.41) is 7.36. The van der Waals surface area contributed by atoms with Gasteiger partial charge in [-0.3, -0.25) is 14.6 Å². The summed E-state index contributed by atoms with van der Waals surface area (Å²) >= 11 is 0. The van der Waals surface area contributed by atoms with Gasteiger partial charge in [0.15, 0.2) is 40.4 Å².